The molecular formula is C12H21NO2. The summed E-state index contributed by atoms with van der Waals surface area (Å²) in [7, 11) is 0. The first-order valence-electron chi connectivity index (χ1n) is 6.10. The molecule has 0 aromatic rings. The maximum absolute atomic E-state index is 11.2. The molecule has 0 aromatic carbocycles. The van der Waals surface area contributed by atoms with Gasteiger partial charge in [0.15, 0.2) is 0 Å². The second-order valence-electron chi connectivity index (χ2n) is 5.05. The van der Waals surface area contributed by atoms with Gasteiger partial charge in [0, 0.05) is 18.9 Å². The van der Waals surface area contributed by atoms with Crippen molar-refractivity contribution in [1.82, 2.24) is 4.90 Å². The number of piperidine rings is 1. The summed E-state index contributed by atoms with van der Waals surface area (Å²) in [5.41, 5.74) is 0. The first kappa shape index (κ1) is 11.1. The Labute approximate surface area is 91.5 Å². The third kappa shape index (κ3) is 2.58. The lowest BCUT2D eigenvalue weighted by Gasteiger charge is -2.36. The van der Waals surface area contributed by atoms with Crippen molar-refractivity contribution in [2.24, 2.45) is 5.92 Å². The van der Waals surface area contributed by atoms with Crippen LogP contribution in [0.3, 0.4) is 0 Å². The number of ketones is 1. The normalized spacial score (nSPS) is 32.1. The molecule has 0 aromatic heterocycles. The molecule has 2 rings (SSSR count). The van der Waals surface area contributed by atoms with E-state index < -0.39 is 0 Å². The van der Waals surface area contributed by atoms with E-state index in [1.807, 2.05) is 6.92 Å². The number of likely N-dealkylation sites (tertiary alicyclic amines) is 1. The molecule has 0 amide bonds. The Morgan fingerprint density at radius 2 is 2.00 bits per heavy atom. The fourth-order valence-electron chi connectivity index (χ4n) is 2.87. The van der Waals surface area contributed by atoms with Crippen molar-refractivity contribution in [2.45, 2.75) is 51.2 Å². The van der Waals surface area contributed by atoms with E-state index in [-0.39, 0.29) is 6.10 Å². The molecule has 1 saturated carbocycles. The first-order chi connectivity index (χ1) is 7.16. The second kappa shape index (κ2) is 4.62. The van der Waals surface area contributed by atoms with Gasteiger partial charge in [-0.3, -0.25) is 9.69 Å². The monoisotopic (exact) mass is 211 g/mol. The van der Waals surface area contributed by atoms with Crippen LogP contribution >= 0.6 is 0 Å². The van der Waals surface area contributed by atoms with Gasteiger partial charge in [-0.05, 0) is 45.2 Å². The van der Waals surface area contributed by atoms with Gasteiger partial charge >= 0.3 is 0 Å². The highest BCUT2D eigenvalue weighted by atomic mass is 16.3. The first-order valence-corrected chi connectivity index (χ1v) is 6.10. The van der Waals surface area contributed by atoms with Crippen LogP contribution in [-0.2, 0) is 4.79 Å². The van der Waals surface area contributed by atoms with E-state index in [0.717, 1.165) is 45.2 Å². The molecule has 2 aliphatic rings. The van der Waals surface area contributed by atoms with Gasteiger partial charge in [-0.25, -0.2) is 0 Å². The number of rotatable bonds is 2. The Hall–Kier alpha value is -0.410. The molecule has 2 atom stereocenters. The molecule has 2 unspecified atom stereocenters. The number of carbonyl (C=O) groups excluding carboxylic acids is 1. The van der Waals surface area contributed by atoms with Crippen LogP contribution in [-0.4, -0.2) is 41.0 Å². The predicted octanol–water partition coefficient (Wildman–Crippen LogP) is 1.20. The van der Waals surface area contributed by atoms with Crippen molar-refractivity contribution in [3.8, 4) is 0 Å². The molecule has 1 N–H and O–H groups in total. The van der Waals surface area contributed by atoms with Gasteiger partial charge in [0.05, 0.1) is 6.10 Å². The van der Waals surface area contributed by atoms with E-state index >= 15 is 0 Å². The standard InChI is InChI=1S/C12H21NO2/c1-9(14)10-4-6-13(7-5-10)11-2-3-12(15)8-11/h9-11,14H,2-8H2,1H3. The molecule has 15 heavy (non-hydrogen) atoms. The molecule has 2 fully saturated rings. The van der Waals surface area contributed by atoms with E-state index in [0.29, 0.717) is 17.7 Å². The number of Topliss-reactive ketones (excluding diaryl/α,β-unsaturated/α-hetero) is 1. The number of hydrogen-bond acceptors (Lipinski definition) is 3. The smallest absolute Gasteiger partial charge is 0.134 e. The lowest BCUT2D eigenvalue weighted by atomic mass is 9.91. The number of hydrogen-bond donors (Lipinski definition) is 1. The van der Waals surface area contributed by atoms with E-state index in [4.69, 9.17) is 0 Å². The molecular weight excluding hydrogens is 190 g/mol. The zero-order chi connectivity index (χ0) is 10.8. The summed E-state index contributed by atoms with van der Waals surface area (Å²) in [4.78, 5) is 13.7. The van der Waals surface area contributed by atoms with Crippen LogP contribution in [0.1, 0.15) is 39.0 Å². The summed E-state index contributed by atoms with van der Waals surface area (Å²) in [6, 6.07) is 0.507. The molecule has 1 aliphatic heterocycles. The van der Waals surface area contributed by atoms with Crippen molar-refractivity contribution in [1.29, 1.82) is 0 Å². The molecule has 3 nitrogen and oxygen atoms in total. The predicted molar refractivity (Wildman–Crippen MR) is 58.6 cm³/mol. The average Bonchev–Trinajstić information content (AvgIpc) is 2.65. The molecule has 1 aliphatic carbocycles. The Balaban J connectivity index is 1.80. The van der Waals surface area contributed by atoms with E-state index in [2.05, 4.69) is 4.90 Å². The maximum Gasteiger partial charge on any atom is 0.134 e. The van der Waals surface area contributed by atoms with Gasteiger partial charge in [0.2, 0.25) is 0 Å². The van der Waals surface area contributed by atoms with Crippen LogP contribution in [0, 0.1) is 5.92 Å². The van der Waals surface area contributed by atoms with Gasteiger partial charge in [0.1, 0.15) is 5.78 Å². The van der Waals surface area contributed by atoms with Gasteiger partial charge in [-0.15, -0.1) is 0 Å². The van der Waals surface area contributed by atoms with Gasteiger partial charge in [-0.1, -0.05) is 0 Å². The number of aliphatic hydroxyl groups excluding tert-OH is 1. The van der Waals surface area contributed by atoms with E-state index in [9.17, 15) is 9.90 Å². The minimum Gasteiger partial charge on any atom is -0.393 e. The van der Waals surface area contributed by atoms with Gasteiger partial charge in [0.25, 0.3) is 0 Å². The summed E-state index contributed by atoms with van der Waals surface area (Å²) in [6.07, 6.45) is 4.60. The molecule has 3 heteroatoms. The minimum absolute atomic E-state index is 0.169. The SMILES string of the molecule is CC(O)C1CCN(C2CCC(=O)C2)CC1. The fraction of sp³-hybridized carbons (Fsp3) is 0.917. The zero-order valence-electron chi connectivity index (χ0n) is 9.48. The third-order valence-corrected chi connectivity index (χ3v) is 3.99. The zero-order valence-corrected chi connectivity index (χ0v) is 9.48. The molecule has 0 spiro atoms. The fourth-order valence-corrected chi connectivity index (χ4v) is 2.87. The molecule has 0 bridgehead atoms. The number of aliphatic hydroxyl groups is 1. The number of carbonyl (C=O) groups is 1. The average molecular weight is 211 g/mol. The van der Waals surface area contributed by atoms with Gasteiger partial charge in [-0.2, -0.15) is 0 Å². The second-order valence-corrected chi connectivity index (χ2v) is 5.05. The highest BCUT2D eigenvalue weighted by molar-refractivity contribution is 5.81. The Morgan fingerprint density at radius 1 is 1.33 bits per heavy atom. The van der Waals surface area contributed by atoms with Crippen LogP contribution in [0.2, 0.25) is 0 Å². The van der Waals surface area contributed by atoms with Crippen LogP contribution in [0.5, 0.6) is 0 Å². The molecule has 1 heterocycles. The molecule has 1 saturated heterocycles. The minimum atomic E-state index is -0.169. The quantitative estimate of drug-likeness (QED) is 0.746. The van der Waals surface area contributed by atoms with Crippen LogP contribution in [0.25, 0.3) is 0 Å². The Bertz CT molecular complexity index is 232. The van der Waals surface area contributed by atoms with Crippen molar-refractivity contribution in [3.05, 3.63) is 0 Å². The van der Waals surface area contributed by atoms with Crippen molar-refractivity contribution in [3.63, 3.8) is 0 Å². The Kier molecular flexibility index (Phi) is 3.42. The van der Waals surface area contributed by atoms with Crippen LogP contribution in [0.4, 0.5) is 0 Å². The van der Waals surface area contributed by atoms with Gasteiger partial charge < -0.3 is 5.11 Å². The van der Waals surface area contributed by atoms with E-state index in [1.54, 1.807) is 0 Å². The Morgan fingerprint density at radius 3 is 2.47 bits per heavy atom. The summed E-state index contributed by atoms with van der Waals surface area (Å²) in [6.45, 7) is 4.01. The third-order valence-electron chi connectivity index (χ3n) is 3.99. The van der Waals surface area contributed by atoms with Crippen molar-refractivity contribution in [2.75, 3.05) is 13.1 Å². The highest BCUT2D eigenvalue weighted by Gasteiger charge is 2.31. The number of nitrogens with zero attached hydrogens (tertiary/aromatic N) is 1. The lowest BCUT2D eigenvalue weighted by Crippen LogP contribution is -2.42. The van der Waals surface area contributed by atoms with Crippen molar-refractivity contribution >= 4 is 5.78 Å². The lowest BCUT2D eigenvalue weighted by molar-refractivity contribution is -0.117. The summed E-state index contributed by atoms with van der Waals surface area (Å²) in [5.74, 6) is 0.899. The summed E-state index contributed by atoms with van der Waals surface area (Å²) in [5, 5.41) is 9.50. The maximum atomic E-state index is 11.2. The molecule has 86 valence electrons. The summed E-state index contributed by atoms with van der Waals surface area (Å²) >= 11 is 0. The molecule has 0 radical (unpaired) electrons. The van der Waals surface area contributed by atoms with Crippen LogP contribution < -0.4 is 0 Å². The largest absolute Gasteiger partial charge is 0.393 e. The van der Waals surface area contributed by atoms with Crippen molar-refractivity contribution < 1.29 is 9.90 Å². The topological polar surface area (TPSA) is 40.5 Å². The van der Waals surface area contributed by atoms with E-state index in [1.165, 1.54) is 0 Å². The van der Waals surface area contributed by atoms with Crippen LogP contribution in [0.15, 0.2) is 0 Å². The highest BCUT2D eigenvalue weighted by Crippen LogP contribution is 2.27. The summed E-state index contributed by atoms with van der Waals surface area (Å²) < 4.78 is 0.